The van der Waals surface area contributed by atoms with Gasteiger partial charge in [-0.25, -0.2) is 0 Å². The molecule has 0 N–H and O–H groups in total. The van der Waals surface area contributed by atoms with Crippen LogP contribution in [0.4, 0.5) is 0 Å². The van der Waals surface area contributed by atoms with Crippen molar-refractivity contribution in [2.24, 2.45) is 0 Å². The second-order valence-corrected chi connectivity index (χ2v) is 12.4. The zero-order valence-corrected chi connectivity index (χ0v) is 25.2. The Balaban J connectivity index is 1.32. The van der Waals surface area contributed by atoms with Crippen LogP contribution >= 0.6 is 0 Å². The maximum atomic E-state index is 2.45. The average molecular weight is 581 g/mol. The van der Waals surface area contributed by atoms with E-state index in [0.717, 1.165) is 0 Å². The van der Waals surface area contributed by atoms with Crippen molar-refractivity contribution in [1.82, 2.24) is 0 Å². The summed E-state index contributed by atoms with van der Waals surface area (Å²) in [7, 11) is 0. The van der Waals surface area contributed by atoms with E-state index in [1.807, 2.05) is 0 Å². The topological polar surface area (TPSA) is 0 Å². The van der Waals surface area contributed by atoms with Crippen LogP contribution in [0.15, 0.2) is 170 Å². The summed E-state index contributed by atoms with van der Waals surface area (Å²) in [6.07, 6.45) is 0. The highest BCUT2D eigenvalue weighted by Crippen LogP contribution is 2.45. The summed E-state index contributed by atoms with van der Waals surface area (Å²) in [6, 6.07) is 62.8. The third kappa shape index (κ3) is 3.56. The number of hydrogen-bond donors (Lipinski definition) is 0. The first-order valence-corrected chi connectivity index (χ1v) is 16.0. The van der Waals surface area contributed by atoms with Crippen molar-refractivity contribution in [3.05, 3.63) is 170 Å². The summed E-state index contributed by atoms with van der Waals surface area (Å²) in [5.74, 6) is 0. The number of benzene rings is 10. The second-order valence-electron chi connectivity index (χ2n) is 12.4. The lowest BCUT2D eigenvalue weighted by Gasteiger charge is -2.18. The summed E-state index contributed by atoms with van der Waals surface area (Å²) in [4.78, 5) is 0. The van der Waals surface area contributed by atoms with E-state index >= 15 is 0 Å². The monoisotopic (exact) mass is 580 g/mol. The summed E-state index contributed by atoms with van der Waals surface area (Å²) in [5.41, 5.74) is 5.04. The molecule has 0 amide bonds. The lowest BCUT2D eigenvalue weighted by Crippen LogP contribution is -1.90. The molecule has 0 nitrogen and oxygen atoms in total. The minimum Gasteiger partial charge on any atom is -0.0616 e. The van der Waals surface area contributed by atoms with Gasteiger partial charge in [-0.2, -0.15) is 0 Å². The Bertz CT molecular complexity index is 2830. The first-order chi connectivity index (χ1) is 22.8. The fourth-order valence-electron chi connectivity index (χ4n) is 8.04. The van der Waals surface area contributed by atoms with Gasteiger partial charge in [0, 0.05) is 0 Å². The highest BCUT2D eigenvalue weighted by Gasteiger charge is 2.17. The molecule has 10 aromatic rings. The zero-order valence-electron chi connectivity index (χ0n) is 25.2. The molecule has 0 radical (unpaired) electrons. The van der Waals surface area contributed by atoms with E-state index in [1.165, 1.54) is 97.7 Å². The molecule has 0 aliphatic rings. The van der Waals surface area contributed by atoms with Gasteiger partial charge >= 0.3 is 0 Å². The van der Waals surface area contributed by atoms with Crippen LogP contribution in [-0.4, -0.2) is 0 Å². The molecule has 0 aliphatic carbocycles. The van der Waals surface area contributed by atoms with Crippen LogP contribution in [0.1, 0.15) is 0 Å². The van der Waals surface area contributed by atoms with Crippen molar-refractivity contribution >= 4 is 75.4 Å². The molecule has 0 aliphatic heterocycles. The molecule has 0 saturated carbocycles. The Hall–Kier alpha value is -5.98. The molecular formula is C46H28. The van der Waals surface area contributed by atoms with Crippen LogP contribution in [0.3, 0.4) is 0 Å². The van der Waals surface area contributed by atoms with E-state index in [-0.39, 0.29) is 0 Å². The van der Waals surface area contributed by atoms with Gasteiger partial charge in [0.15, 0.2) is 0 Å². The zero-order chi connectivity index (χ0) is 30.2. The van der Waals surface area contributed by atoms with Crippen LogP contribution < -0.4 is 0 Å². The third-order valence-corrected chi connectivity index (χ3v) is 10.0. The van der Waals surface area contributed by atoms with Gasteiger partial charge in [0.2, 0.25) is 0 Å². The summed E-state index contributed by atoms with van der Waals surface area (Å²) >= 11 is 0. The molecule has 0 spiro atoms. The van der Waals surface area contributed by atoms with Gasteiger partial charge in [0.05, 0.1) is 0 Å². The van der Waals surface area contributed by atoms with Gasteiger partial charge in [0.25, 0.3) is 0 Å². The molecule has 0 saturated heterocycles. The Morgan fingerprint density at radius 2 is 0.630 bits per heavy atom. The Morgan fingerprint density at radius 1 is 0.217 bits per heavy atom. The standard InChI is InChI=1S/C46H28/c1-2-14-31-29(12-1)13-11-23-34(31)39-27-26-32(33-15-3-4-16-35(33)39)30-24-25-40-38-19-7-9-21-42(38)45-41-20-8-5-17-36(41)37-18-6-10-22-43(37)46(45)44(40)28-30/h1-28H. The van der Waals surface area contributed by atoms with Crippen LogP contribution in [0.25, 0.3) is 97.7 Å². The average Bonchev–Trinajstić information content (AvgIpc) is 3.14. The predicted molar refractivity (Wildman–Crippen MR) is 200 cm³/mol. The minimum absolute atomic E-state index is 1.24. The quantitative estimate of drug-likeness (QED) is 0.178. The van der Waals surface area contributed by atoms with E-state index in [0.29, 0.717) is 0 Å². The predicted octanol–water partition coefficient (Wildman–Crippen LogP) is 13.1. The van der Waals surface area contributed by atoms with Gasteiger partial charge in [-0.3, -0.25) is 0 Å². The molecule has 0 unspecified atom stereocenters. The number of rotatable bonds is 2. The molecule has 0 heteroatoms. The summed E-state index contributed by atoms with van der Waals surface area (Å²) < 4.78 is 0. The fraction of sp³-hybridized carbons (Fsp3) is 0. The Morgan fingerprint density at radius 3 is 1.26 bits per heavy atom. The maximum absolute atomic E-state index is 2.45. The first kappa shape index (κ1) is 25.4. The SMILES string of the molecule is c1ccc2c(-c3ccc(-c4ccc5c6ccccc6c6c7ccccc7c7ccccc7c6c5c4)c4ccccc34)cccc2c1. The highest BCUT2D eigenvalue weighted by atomic mass is 14.2. The van der Waals surface area contributed by atoms with Gasteiger partial charge in [-0.05, 0) is 104 Å². The molecule has 0 atom stereocenters. The van der Waals surface area contributed by atoms with E-state index in [2.05, 4.69) is 170 Å². The Kier molecular flexibility index (Phi) is 5.38. The molecule has 0 heterocycles. The van der Waals surface area contributed by atoms with E-state index in [1.54, 1.807) is 0 Å². The van der Waals surface area contributed by atoms with E-state index < -0.39 is 0 Å². The smallest absolute Gasteiger partial charge is 0.00137 e. The normalized spacial score (nSPS) is 11.9. The molecule has 10 aromatic carbocycles. The van der Waals surface area contributed by atoms with Crippen LogP contribution in [0.2, 0.25) is 0 Å². The van der Waals surface area contributed by atoms with E-state index in [4.69, 9.17) is 0 Å². The van der Waals surface area contributed by atoms with Crippen molar-refractivity contribution in [1.29, 1.82) is 0 Å². The highest BCUT2D eigenvalue weighted by molar-refractivity contribution is 6.39. The number of fused-ring (bicyclic) bond motifs is 13. The summed E-state index contributed by atoms with van der Waals surface area (Å²) in [6.45, 7) is 0. The largest absolute Gasteiger partial charge is 0.0616 e. The number of hydrogen-bond acceptors (Lipinski definition) is 0. The molecule has 212 valence electrons. The fourth-order valence-corrected chi connectivity index (χ4v) is 8.04. The van der Waals surface area contributed by atoms with Crippen molar-refractivity contribution in [3.8, 4) is 22.3 Å². The molecule has 0 aromatic heterocycles. The summed E-state index contributed by atoms with van der Waals surface area (Å²) in [5, 5.41) is 18.2. The Labute approximate surface area is 266 Å². The van der Waals surface area contributed by atoms with Crippen LogP contribution in [0.5, 0.6) is 0 Å². The minimum atomic E-state index is 1.24. The first-order valence-electron chi connectivity index (χ1n) is 16.0. The third-order valence-electron chi connectivity index (χ3n) is 10.0. The molecule has 0 fully saturated rings. The van der Waals surface area contributed by atoms with Crippen LogP contribution in [-0.2, 0) is 0 Å². The van der Waals surface area contributed by atoms with E-state index in [9.17, 15) is 0 Å². The van der Waals surface area contributed by atoms with Crippen LogP contribution in [0, 0.1) is 0 Å². The van der Waals surface area contributed by atoms with Gasteiger partial charge in [-0.1, -0.05) is 164 Å². The maximum Gasteiger partial charge on any atom is -0.00137 e. The second kappa shape index (κ2) is 9.76. The van der Waals surface area contributed by atoms with Gasteiger partial charge < -0.3 is 0 Å². The van der Waals surface area contributed by atoms with Crippen molar-refractivity contribution < 1.29 is 0 Å². The molecule has 10 rings (SSSR count). The lowest BCUT2D eigenvalue weighted by atomic mass is 9.85. The van der Waals surface area contributed by atoms with Crippen molar-refractivity contribution in [3.63, 3.8) is 0 Å². The molecule has 0 bridgehead atoms. The molecule has 46 heavy (non-hydrogen) atoms. The molecular weight excluding hydrogens is 553 g/mol. The van der Waals surface area contributed by atoms with Gasteiger partial charge in [0.1, 0.15) is 0 Å². The lowest BCUT2D eigenvalue weighted by molar-refractivity contribution is 1.66. The van der Waals surface area contributed by atoms with Crippen molar-refractivity contribution in [2.45, 2.75) is 0 Å². The van der Waals surface area contributed by atoms with Gasteiger partial charge in [-0.15, -0.1) is 0 Å². The van der Waals surface area contributed by atoms with Crippen molar-refractivity contribution in [2.75, 3.05) is 0 Å².